The van der Waals surface area contributed by atoms with Crippen molar-refractivity contribution < 1.29 is 9.90 Å². The van der Waals surface area contributed by atoms with Crippen LogP contribution in [0.15, 0.2) is 24.4 Å². The molecule has 1 saturated heterocycles. The lowest BCUT2D eigenvalue weighted by molar-refractivity contribution is 0.0691. The van der Waals surface area contributed by atoms with E-state index in [0.717, 1.165) is 25.5 Å². The van der Waals surface area contributed by atoms with Gasteiger partial charge in [-0.05, 0) is 26.0 Å². The molecule has 0 amide bonds. The summed E-state index contributed by atoms with van der Waals surface area (Å²) in [5, 5.41) is 12.5. The summed E-state index contributed by atoms with van der Waals surface area (Å²) in [6, 6.07) is 5.74. The van der Waals surface area contributed by atoms with Crippen LogP contribution in [0, 0.1) is 0 Å². The maximum Gasteiger partial charge on any atom is 0.356 e. The molecule has 106 valence electrons. The van der Waals surface area contributed by atoms with Crippen LogP contribution in [0.25, 0.3) is 5.65 Å². The summed E-state index contributed by atoms with van der Waals surface area (Å²) in [7, 11) is 0. The number of anilines is 1. The van der Waals surface area contributed by atoms with Gasteiger partial charge < -0.3 is 15.3 Å². The molecule has 3 heterocycles. The number of nitrogens with one attached hydrogen (secondary N) is 1. The van der Waals surface area contributed by atoms with Gasteiger partial charge in [0.2, 0.25) is 0 Å². The highest BCUT2D eigenvalue weighted by Crippen LogP contribution is 2.21. The Bertz CT molecular complexity index is 662. The van der Waals surface area contributed by atoms with E-state index in [9.17, 15) is 4.79 Å². The molecule has 0 atom stereocenters. The lowest BCUT2D eigenvalue weighted by Gasteiger charge is -2.40. The summed E-state index contributed by atoms with van der Waals surface area (Å²) >= 11 is 0. The van der Waals surface area contributed by atoms with Crippen molar-refractivity contribution in [3.8, 4) is 0 Å². The average Bonchev–Trinajstić information content (AvgIpc) is 2.81. The van der Waals surface area contributed by atoms with Crippen molar-refractivity contribution in [3.05, 3.63) is 30.1 Å². The second-order valence-corrected chi connectivity index (χ2v) is 5.78. The molecule has 0 radical (unpaired) electrons. The van der Waals surface area contributed by atoms with Crippen LogP contribution in [0.5, 0.6) is 0 Å². The standard InChI is InChI=1S/C14H18N4O2/c1-14(2)9-17(7-6-15-14)12-5-3-4-11-16-10(13(19)20)8-18(11)12/h3-5,8,15H,6-7,9H2,1-2H3,(H,19,20). The average molecular weight is 274 g/mol. The van der Waals surface area contributed by atoms with E-state index < -0.39 is 5.97 Å². The summed E-state index contributed by atoms with van der Waals surface area (Å²) in [6.45, 7) is 6.99. The first-order valence-corrected chi connectivity index (χ1v) is 6.68. The van der Waals surface area contributed by atoms with E-state index in [2.05, 4.69) is 29.0 Å². The van der Waals surface area contributed by atoms with Crippen LogP contribution in [-0.2, 0) is 0 Å². The monoisotopic (exact) mass is 274 g/mol. The maximum atomic E-state index is 11.1. The molecule has 0 spiro atoms. The van der Waals surface area contributed by atoms with Gasteiger partial charge in [0, 0.05) is 31.4 Å². The first kappa shape index (κ1) is 12.9. The molecule has 1 aliphatic rings. The lowest BCUT2D eigenvalue weighted by atomic mass is 10.0. The summed E-state index contributed by atoms with van der Waals surface area (Å²) in [5.41, 5.74) is 0.777. The molecule has 0 saturated carbocycles. The number of carboxylic acid groups (broad SMARTS) is 1. The number of aromatic nitrogens is 2. The summed E-state index contributed by atoms with van der Waals surface area (Å²) < 4.78 is 1.85. The zero-order chi connectivity index (χ0) is 14.3. The topological polar surface area (TPSA) is 69.9 Å². The highest BCUT2D eigenvalue weighted by atomic mass is 16.4. The Morgan fingerprint density at radius 2 is 2.25 bits per heavy atom. The molecule has 20 heavy (non-hydrogen) atoms. The van der Waals surface area contributed by atoms with E-state index in [1.54, 1.807) is 6.20 Å². The molecule has 2 aromatic rings. The quantitative estimate of drug-likeness (QED) is 0.861. The third kappa shape index (κ3) is 2.22. The second-order valence-electron chi connectivity index (χ2n) is 5.78. The number of nitrogens with zero attached hydrogens (tertiary/aromatic N) is 3. The highest BCUT2D eigenvalue weighted by Gasteiger charge is 2.27. The molecule has 3 rings (SSSR count). The maximum absolute atomic E-state index is 11.1. The minimum absolute atomic E-state index is 0.0383. The van der Waals surface area contributed by atoms with E-state index in [1.807, 2.05) is 22.6 Å². The molecule has 0 unspecified atom stereocenters. The third-order valence-corrected chi connectivity index (χ3v) is 3.59. The lowest BCUT2D eigenvalue weighted by Crippen LogP contribution is -2.57. The Morgan fingerprint density at radius 1 is 1.45 bits per heavy atom. The molecule has 0 aliphatic carbocycles. The molecule has 6 nitrogen and oxygen atoms in total. The van der Waals surface area contributed by atoms with Crippen molar-refractivity contribution in [2.75, 3.05) is 24.5 Å². The van der Waals surface area contributed by atoms with Crippen molar-refractivity contribution in [1.29, 1.82) is 0 Å². The van der Waals surface area contributed by atoms with Gasteiger partial charge in [-0.15, -0.1) is 0 Å². The van der Waals surface area contributed by atoms with Crippen LogP contribution in [0.2, 0.25) is 0 Å². The zero-order valence-electron chi connectivity index (χ0n) is 11.6. The number of carboxylic acids is 1. The molecule has 1 fully saturated rings. The van der Waals surface area contributed by atoms with Gasteiger partial charge in [0.15, 0.2) is 5.69 Å². The van der Waals surface area contributed by atoms with Crippen LogP contribution >= 0.6 is 0 Å². The van der Waals surface area contributed by atoms with Crippen LogP contribution < -0.4 is 10.2 Å². The number of hydrogen-bond acceptors (Lipinski definition) is 4. The molecular formula is C14H18N4O2. The number of hydrogen-bond donors (Lipinski definition) is 2. The first-order chi connectivity index (χ1) is 9.46. The summed E-state index contributed by atoms with van der Waals surface area (Å²) in [6.07, 6.45) is 1.59. The molecule has 2 N–H and O–H groups in total. The van der Waals surface area contributed by atoms with E-state index in [4.69, 9.17) is 5.11 Å². The number of imidazole rings is 1. The number of fused-ring (bicyclic) bond motifs is 1. The van der Waals surface area contributed by atoms with Crippen molar-refractivity contribution in [2.24, 2.45) is 0 Å². The number of piperazine rings is 1. The largest absolute Gasteiger partial charge is 0.476 e. The van der Waals surface area contributed by atoms with Gasteiger partial charge >= 0.3 is 5.97 Å². The van der Waals surface area contributed by atoms with Crippen LogP contribution in [0.4, 0.5) is 5.82 Å². The number of carbonyl (C=O) groups is 1. The van der Waals surface area contributed by atoms with Gasteiger partial charge in [-0.3, -0.25) is 4.40 Å². The smallest absolute Gasteiger partial charge is 0.356 e. The fraction of sp³-hybridized carbons (Fsp3) is 0.429. The molecule has 1 aliphatic heterocycles. The molecule has 0 aromatic carbocycles. The second kappa shape index (κ2) is 4.49. The Labute approximate surface area is 117 Å². The molecule has 0 bridgehead atoms. The fourth-order valence-corrected chi connectivity index (χ4v) is 2.69. The van der Waals surface area contributed by atoms with E-state index in [-0.39, 0.29) is 11.2 Å². The Balaban J connectivity index is 2.04. The predicted molar refractivity (Wildman–Crippen MR) is 76.4 cm³/mol. The van der Waals surface area contributed by atoms with Crippen molar-refractivity contribution >= 4 is 17.4 Å². The third-order valence-electron chi connectivity index (χ3n) is 3.59. The predicted octanol–water partition coefficient (Wildman–Crippen LogP) is 1.22. The van der Waals surface area contributed by atoms with Crippen LogP contribution in [-0.4, -0.2) is 45.6 Å². The van der Waals surface area contributed by atoms with E-state index in [0.29, 0.717) is 5.65 Å². The van der Waals surface area contributed by atoms with Crippen molar-refractivity contribution in [2.45, 2.75) is 19.4 Å². The Hall–Kier alpha value is -2.08. The van der Waals surface area contributed by atoms with Crippen LogP contribution in [0.1, 0.15) is 24.3 Å². The summed E-state index contributed by atoms with van der Waals surface area (Å²) in [5.74, 6) is -0.0163. The number of pyridine rings is 1. The SMILES string of the molecule is CC1(C)CN(c2cccc3nc(C(=O)O)cn23)CCN1. The van der Waals surface area contributed by atoms with Crippen LogP contribution in [0.3, 0.4) is 0 Å². The zero-order valence-corrected chi connectivity index (χ0v) is 11.6. The Morgan fingerprint density at radius 3 is 2.95 bits per heavy atom. The highest BCUT2D eigenvalue weighted by molar-refractivity contribution is 5.86. The van der Waals surface area contributed by atoms with E-state index in [1.165, 1.54) is 0 Å². The van der Waals surface area contributed by atoms with Gasteiger partial charge in [0.1, 0.15) is 11.5 Å². The fourth-order valence-electron chi connectivity index (χ4n) is 2.69. The first-order valence-electron chi connectivity index (χ1n) is 6.68. The molecule has 2 aromatic heterocycles. The normalized spacial score (nSPS) is 18.4. The van der Waals surface area contributed by atoms with Gasteiger partial charge in [-0.1, -0.05) is 6.07 Å². The van der Waals surface area contributed by atoms with Crippen molar-refractivity contribution in [3.63, 3.8) is 0 Å². The van der Waals surface area contributed by atoms with Gasteiger partial charge in [-0.2, -0.15) is 0 Å². The van der Waals surface area contributed by atoms with Gasteiger partial charge in [-0.25, -0.2) is 9.78 Å². The minimum Gasteiger partial charge on any atom is -0.476 e. The van der Waals surface area contributed by atoms with Gasteiger partial charge in [0.05, 0.1) is 0 Å². The van der Waals surface area contributed by atoms with Gasteiger partial charge in [0.25, 0.3) is 0 Å². The molecular weight excluding hydrogens is 256 g/mol. The summed E-state index contributed by atoms with van der Waals surface area (Å²) in [4.78, 5) is 17.4. The number of rotatable bonds is 2. The molecule has 6 heteroatoms. The Kier molecular flexibility index (Phi) is 2.90. The number of aromatic carboxylic acids is 1. The van der Waals surface area contributed by atoms with Crippen molar-refractivity contribution in [1.82, 2.24) is 14.7 Å². The van der Waals surface area contributed by atoms with E-state index >= 15 is 0 Å². The minimum atomic E-state index is -1.000.